The molecule has 0 fully saturated rings. The minimum absolute atomic E-state index is 0.0387. The van der Waals surface area contributed by atoms with E-state index in [2.05, 4.69) is 167 Å². The number of hydrogen-bond donors (Lipinski definition) is 0. The maximum Gasteiger partial charge on any atom is 0.210 e. The summed E-state index contributed by atoms with van der Waals surface area (Å²) < 4.78 is 2.38. The van der Waals surface area contributed by atoms with Crippen LogP contribution in [0.15, 0.2) is 121 Å². The van der Waals surface area contributed by atoms with Crippen LogP contribution in [0.4, 0.5) is 11.4 Å². The molecule has 4 aromatic rings. The second kappa shape index (κ2) is 11.2. The maximum atomic E-state index is 2.38. The molecule has 0 N–H and O–H groups in total. The van der Waals surface area contributed by atoms with E-state index in [-0.39, 0.29) is 10.8 Å². The van der Waals surface area contributed by atoms with Gasteiger partial charge in [0.15, 0.2) is 5.71 Å². The fourth-order valence-corrected chi connectivity index (χ4v) is 7.58. The van der Waals surface area contributed by atoms with E-state index in [1.54, 1.807) is 0 Å². The van der Waals surface area contributed by atoms with Gasteiger partial charge in [0.05, 0.1) is 5.41 Å². The van der Waals surface area contributed by atoms with Gasteiger partial charge in [0.2, 0.25) is 5.69 Å². The van der Waals surface area contributed by atoms with Crippen molar-refractivity contribution < 1.29 is 4.58 Å². The van der Waals surface area contributed by atoms with Gasteiger partial charge in [-0.3, -0.25) is 0 Å². The molecule has 0 saturated heterocycles. The van der Waals surface area contributed by atoms with Gasteiger partial charge in [0, 0.05) is 41.6 Å². The molecule has 0 amide bonds. The van der Waals surface area contributed by atoms with Crippen molar-refractivity contribution in [2.75, 3.05) is 19.0 Å². The van der Waals surface area contributed by atoms with Crippen LogP contribution in [0.3, 0.4) is 0 Å². The van der Waals surface area contributed by atoms with E-state index < -0.39 is 0 Å². The summed E-state index contributed by atoms with van der Waals surface area (Å²) in [7, 11) is 4.41. The number of unbranched alkanes of at least 4 members (excludes halogenated alkanes) is 1. The molecule has 0 atom stereocenters. The molecule has 0 saturated carbocycles. The maximum absolute atomic E-state index is 2.38. The van der Waals surface area contributed by atoms with Crippen molar-refractivity contribution in [3.8, 4) is 0 Å². The highest BCUT2D eigenvalue weighted by atomic mass is 15.2. The molecular weight excluding hydrogens is 520 g/mol. The third-order valence-corrected chi connectivity index (χ3v) is 9.84. The molecule has 0 spiro atoms. The normalized spacial score (nSPS) is 18.6. The largest absolute Gasteiger partial charge is 0.347 e. The molecule has 43 heavy (non-hydrogen) atoms. The highest BCUT2D eigenvalue weighted by Crippen LogP contribution is 2.50. The molecule has 0 bridgehead atoms. The summed E-state index contributed by atoms with van der Waals surface area (Å²) in [6.45, 7) is 11.6. The van der Waals surface area contributed by atoms with Gasteiger partial charge in [-0.2, -0.15) is 4.58 Å². The molecule has 2 aliphatic rings. The van der Waals surface area contributed by atoms with E-state index in [4.69, 9.17) is 0 Å². The first-order chi connectivity index (χ1) is 20.7. The fraction of sp³-hybridized carbons (Fsp3) is 0.293. The Labute approximate surface area is 258 Å². The van der Waals surface area contributed by atoms with Crippen molar-refractivity contribution in [3.05, 3.63) is 132 Å². The average Bonchev–Trinajstić information content (AvgIpc) is 3.33. The van der Waals surface area contributed by atoms with Crippen LogP contribution in [0, 0.1) is 0 Å². The van der Waals surface area contributed by atoms with Gasteiger partial charge in [-0.1, -0.05) is 98.3 Å². The zero-order chi connectivity index (χ0) is 30.4. The van der Waals surface area contributed by atoms with Crippen LogP contribution < -0.4 is 4.90 Å². The smallest absolute Gasteiger partial charge is 0.210 e. The Morgan fingerprint density at radius 2 is 1.47 bits per heavy atom. The summed E-state index contributed by atoms with van der Waals surface area (Å²) in [4.78, 5) is 2.37. The molecule has 6 rings (SSSR count). The molecule has 2 aliphatic heterocycles. The standard InChI is InChI=1S/C41H45N2/c1-8-29(23-28-37-41(4,5)39-33-21-16-14-19-31(33)25-27-35(39)43(37)7)17-11-9-10-12-22-36-40(2,3)38-32-20-15-13-18-30(32)24-26-34(38)42(36)6/h8,10,12-16,18-28H,9,11,17H2,1-7H3/q+1/b12-10?,28-23?,29-8-,36-22?. The zero-order valence-electron chi connectivity index (χ0n) is 26.9. The summed E-state index contributed by atoms with van der Waals surface area (Å²) in [5, 5.41) is 5.34. The Morgan fingerprint density at radius 1 is 0.814 bits per heavy atom. The van der Waals surface area contributed by atoms with Gasteiger partial charge in [-0.25, -0.2) is 0 Å². The van der Waals surface area contributed by atoms with Crippen molar-refractivity contribution in [1.82, 2.24) is 0 Å². The summed E-state index contributed by atoms with van der Waals surface area (Å²) in [6, 6.07) is 26.6. The van der Waals surface area contributed by atoms with Gasteiger partial charge in [0.25, 0.3) is 0 Å². The second-order valence-corrected chi connectivity index (χ2v) is 13.2. The lowest BCUT2D eigenvalue weighted by atomic mass is 9.79. The van der Waals surface area contributed by atoms with Crippen molar-refractivity contribution in [2.45, 2.75) is 64.7 Å². The summed E-state index contributed by atoms with van der Waals surface area (Å²) >= 11 is 0. The second-order valence-electron chi connectivity index (χ2n) is 13.2. The molecule has 0 aliphatic carbocycles. The Hall–Kier alpha value is -4.17. The van der Waals surface area contributed by atoms with Crippen LogP contribution in [0.1, 0.15) is 65.0 Å². The third kappa shape index (κ3) is 4.87. The van der Waals surface area contributed by atoms with Gasteiger partial charge >= 0.3 is 0 Å². The van der Waals surface area contributed by atoms with Crippen molar-refractivity contribution in [2.24, 2.45) is 0 Å². The predicted octanol–water partition coefficient (Wildman–Crippen LogP) is 10.5. The van der Waals surface area contributed by atoms with Crippen LogP contribution in [0.5, 0.6) is 0 Å². The Balaban J connectivity index is 1.11. The predicted molar refractivity (Wildman–Crippen MR) is 187 cm³/mol. The monoisotopic (exact) mass is 565 g/mol. The molecule has 0 unspecified atom stereocenters. The number of hydrogen-bond acceptors (Lipinski definition) is 1. The van der Waals surface area contributed by atoms with E-state index in [0.717, 1.165) is 19.3 Å². The van der Waals surface area contributed by atoms with Crippen LogP contribution in [0.2, 0.25) is 0 Å². The topological polar surface area (TPSA) is 6.25 Å². The quantitative estimate of drug-likeness (QED) is 0.123. The van der Waals surface area contributed by atoms with Crippen molar-refractivity contribution in [1.29, 1.82) is 0 Å². The van der Waals surface area contributed by atoms with Crippen LogP contribution >= 0.6 is 0 Å². The molecule has 2 heterocycles. The van der Waals surface area contributed by atoms with Crippen LogP contribution in [0.25, 0.3) is 21.5 Å². The number of fused-ring (bicyclic) bond motifs is 6. The molecule has 0 aromatic heterocycles. The molecule has 0 radical (unpaired) electrons. The van der Waals surface area contributed by atoms with Crippen LogP contribution in [-0.2, 0) is 10.8 Å². The van der Waals surface area contributed by atoms with Crippen molar-refractivity contribution in [3.63, 3.8) is 0 Å². The van der Waals surface area contributed by atoms with Gasteiger partial charge in [0.1, 0.15) is 7.05 Å². The molecule has 4 aromatic carbocycles. The van der Waals surface area contributed by atoms with Gasteiger partial charge < -0.3 is 4.90 Å². The van der Waals surface area contributed by atoms with E-state index in [1.165, 1.54) is 61.0 Å². The number of likely N-dealkylation sites (N-methyl/N-ethyl adjacent to an activating group) is 1. The van der Waals surface area contributed by atoms with Crippen molar-refractivity contribution >= 4 is 38.6 Å². The number of nitrogens with zero attached hydrogens (tertiary/aromatic N) is 2. The minimum Gasteiger partial charge on any atom is -0.347 e. The number of allylic oxidation sites excluding steroid dienone is 8. The fourth-order valence-electron chi connectivity index (χ4n) is 7.58. The summed E-state index contributed by atoms with van der Waals surface area (Å²) in [6.07, 6.45) is 17.1. The lowest BCUT2D eigenvalue weighted by molar-refractivity contribution is -0.401. The van der Waals surface area contributed by atoms with Gasteiger partial charge in [-0.05, 0) is 85.4 Å². The first-order valence-electron chi connectivity index (χ1n) is 15.8. The number of rotatable bonds is 7. The first-order valence-corrected chi connectivity index (χ1v) is 15.8. The molecular formula is C41H45N2+. The SMILES string of the molecule is C/C=C(\C=CC1=[N+](C)c2ccc3ccccc3c2C1(C)C)CCCC=CC=C1N(C)c2ccc3ccccc3c2C1(C)C. The van der Waals surface area contributed by atoms with Crippen LogP contribution in [-0.4, -0.2) is 24.4 Å². The minimum atomic E-state index is -0.0519. The molecule has 2 nitrogen and oxygen atoms in total. The highest BCUT2D eigenvalue weighted by molar-refractivity contribution is 6.07. The van der Waals surface area contributed by atoms with E-state index in [9.17, 15) is 0 Å². The number of benzene rings is 4. The number of anilines is 1. The van der Waals surface area contributed by atoms with E-state index >= 15 is 0 Å². The first kappa shape index (κ1) is 28.9. The summed E-state index contributed by atoms with van der Waals surface area (Å²) in [5.41, 5.74) is 9.50. The average molecular weight is 566 g/mol. The Kier molecular flexibility index (Phi) is 7.50. The third-order valence-electron chi connectivity index (χ3n) is 9.84. The van der Waals surface area contributed by atoms with Gasteiger partial charge in [-0.15, -0.1) is 0 Å². The Bertz CT molecular complexity index is 1870. The van der Waals surface area contributed by atoms with E-state index in [0.29, 0.717) is 0 Å². The zero-order valence-corrected chi connectivity index (χ0v) is 26.9. The lowest BCUT2D eigenvalue weighted by Crippen LogP contribution is -2.26. The Morgan fingerprint density at radius 3 is 2.16 bits per heavy atom. The summed E-state index contributed by atoms with van der Waals surface area (Å²) in [5.74, 6) is 0. The highest BCUT2D eigenvalue weighted by Gasteiger charge is 2.44. The van der Waals surface area contributed by atoms with E-state index in [1.807, 2.05) is 0 Å². The lowest BCUT2D eigenvalue weighted by Gasteiger charge is -2.24. The molecule has 2 heteroatoms. The molecule has 218 valence electrons.